The van der Waals surface area contributed by atoms with Gasteiger partial charge in [-0.05, 0) is 39.9 Å². The number of hydrogen-bond donors (Lipinski definition) is 0. The maximum Gasteiger partial charge on any atom is 0.247 e. The molecule has 0 N–H and O–H groups in total. The molecule has 0 radical (unpaired) electrons. The second-order valence-corrected chi connectivity index (χ2v) is 4.30. The van der Waals surface area contributed by atoms with Crippen molar-refractivity contribution < 1.29 is 8.92 Å². The first-order valence-corrected chi connectivity index (χ1v) is 4.63. The number of ether oxygens (including phenoxy) is 1. The Kier molecular flexibility index (Phi) is 5.04. The molecule has 0 aliphatic carbocycles. The third kappa shape index (κ3) is 8.10. The highest BCUT2D eigenvalue weighted by Gasteiger charge is 2.12. The van der Waals surface area contributed by atoms with E-state index < -0.39 is 0 Å². The lowest BCUT2D eigenvalue weighted by molar-refractivity contribution is 0.165. The Balaban J connectivity index is 3.46. The number of rotatable bonds is 2. The van der Waals surface area contributed by atoms with Gasteiger partial charge in [0.05, 0.1) is 24.3 Å². The van der Waals surface area contributed by atoms with E-state index in [-0.39, 0.29) is 5.60 Å². The van der Waals surface area contributed by atoms with Crippen molar-refractivity contribution in [3.05, 3.63) is 0 Å². The van der Waals surface area contributed by atoms with Crippen molar-refractivity contribution >= 4 is 28.6 Å². The minimum Gasteiger partial charge on any atom is -0.477 e. The highest BCUT2D eigenvalue weighted by molar-refractivity contribution is 8.19. The number of thiocarbonyl (C=S) groups is 1. The molecule has 11 heavy (non-hydrogen) atoms. The second-order valence-electron chi connectivity index (χ2n) is 2.96. The average molecular weight is 194 g/mol. The third-order valence-electron chi connectivity index (χ3n) is 0.622. The van der Waals surface area contributed by atoms with Crippen LogP contribution >= 0.6 is 24.3 Å². The van der Waals surface area contributed by atoms with E-state index in [1.165, 1.54) is 0 Å². The first kappa shape index (κ1) is 11.2. The van der Waals surface area contributed by atoms with Crippen LogP contribution in [-0.2, 0) is 8.92 Å². The fourth-order valence-electron chi connectivity index (χ4n) is 0.301. The van der Waals surface area contributed by atoms with Crippen molar-refractivity contribution in [3.8, 4) is 0 Å². The SMILES string of the molecule is CCOC(=S)SOC(C)(C)C. The molecule has 0 aliphatic heterocycles. The molecule has 0 rings (SSSR count). The molecule has 0 fully saturated rings. The Labute approximate surface area is 77.8 Å². The van der Waals surface area contributed by atoms with Crippen LogP contribution in [0.15, 0.2) is 0 Å². The van der Waals surface area contributed by atoms with Crippen LogP contribution in [0.1, 0.15) is 27.7 Å². The van der Waals surface area contributed by atoms with Crippen LogP contribution in [0.4, 0.5) is 0 Å². The Bertz CT molecular complexity index is 129. The summed E-state index contributed by atoms with van der Waals surface area (Å²) in [5.74, 6) is 0. The van der Waals surface area contributed by atoms with Gasteiger partial charge in [-0.3, -0.25) is 0 Å². The van der Waals surface area contributed by atoms with E-state index in [1.54, 1.807) is 0 Å². The summed E-state index contributed by atoms with van der Waals surface area (Å²) < 4.78 is 10.7. The van der Waals surface area contributed by atoms with Gasteiger partial charge in [-0.25, -0.2) is 0 Å². The van der Waals surface area contributed by atoms with E-state index in [4.69, 9.17) is 21.1 Å². The Morgan fingerprint density at radius 1 is 1.45 bits per heavy atom. The first-order chi connectivity index (χ1) is 4.95. The number of hydrogen-bond acceptors (Lipinski definition) is 4. The van der Waals surface area contributed by atoms with E-state index in [2.05, 4.69) is 0 Å². The van der Waals surface area contributed by atoms with Crippen LogP contribution in [0.5, 0.6) is 0 Å². The predicted octanol–water partition coefficient (Wildman–Crippen LogP) is 2.77. The highest BCUT2D eigenvalue weighted by Crippen LogP contribution is 2.18. The van der Waals surface area contributed by atoms with Gasteiger partial charge in [0.25, 0.3) is 0 Å². The lowest BCUT2D eigenvalue weighted by atomic mass is 10.2. The van der Waals surface area contributed by atoms with Crippen molar-refractivity contribution in [2.45, 2.75) is 33.3 Å². The maximum absolute atomic E-state index is 5.29. The minimum absolute atomic E-state index is 0.175. The van der Waals surface area contributed by atoms with E-state index in [0.29, 0.717) is 11.0 Å². The molecule has 4 heteroatoms. The van der Waals surface area contributed by atoms with Crippen molar-refractivity contribution in [2.75, 3.05) is 6.61 Å². The monoisotopic (exact) mass is 194 g/mol. The summed E-state index contributed by atoms with van der Waals surface area (Å²) in [5.41, 5.74) is -0.175. The smallest absolute Gasteiger partial charge is 0.247 e. The fourth-order valence-corrected chi connectivity index (χ4v) is 1.00. The van der Waals surface area contributed by atoms with Crippen molar-refractivity contribution in [1.82, 2.24) is 0 Å². The van der Waals surface area contributed by atoms with Crippen LogP contribution in [0.25, 0.3) is 0 Å². The van der Waals surface area contributed by atoms with Gasteiger partial charge in [0, 0.05) is 0 Å². The average Bonchev–Trinajstić information content (AvgIpc) is 1.83. The maximum atomic E-state index is 5.29. The van der Waals surface area contributed by atoms with E-state index in [0.717, 1.165) is 12.0 Å². The van der Waals surface area contributed by atoms with Gasteiger partial charge in [-0.2, -0.15) is 0 Å². The molecule has 0 bridgehead atoms. The quantitative estimate of drug-likeness (QED) is 0.497. The van der Waals surface area contributed by atoms with Crippen molar-refractivity contribution in [2.24, 2.45) is 0 Å². The summed E-state index contributed by atoms with van der Waals surface area (Å²) in [4.78, 5) is 0. The molecule has 2 nitrogen and oxygen atoms in total. The molecular formula is C7H14O2S2. The van der Waals surface area contributed by atoms with Crippen LogP contribution in [0.2, 0.25) is 0 Å². The van der Waals surface area contributed by atoms with Crippen molar-refractivity contribution in [3.63, 3.8) is 0 Å². The zero-order valence-electron chi connectivity index (χ0n) is 7.34. The summed E-state index contributed by atoms with van der Waals surface area (Å²) in [6.07, 6.45) is 0. The van der Waals surface area contributed by atoms with Gasteiger partial charge in [0.2, 0.25) is 4.38 Å². The lowest BCUT2D eigenvalue weighted by Crippen LogP contribution is -2.16. The molecule has 0 atom stereocenters. The summed E-state index contributed by atoms with van der Waals surface area (Å²) >= 11 is 5.95. The highest BCUT2D eigenvalue weighted by atomic mass is 32.2. The van der Waals surface area contributed by atoms with Crippen LogP contribution < -0.4 is 0 Å². The van der Waals surface area contributed by atoms with Gasteiger partial charge in [-0.1, -0.05) is 0 Å². The molecule has 0 aliphatic rings. The third-order valence-corrected chi connectivity index (χ3v) is 1.78. The van der Waals surface area contributed by atoms with Gasteiger partial charge >= 0.3 is 0 Å². The standard InChI is InChI=1S/C7H14O2S2/c1-5-8-6(10)11-9-7(2,3)4/h5H2,1-4H3. The predicted molar refractivity (Wildman–Crippen MR) is 52.7 cm³/mol. The molecule has 0 amide bonds. The topological polar surface area (TPSA) is 18.5 Å². The second kappa shape index (κ2) is 4.95. The Morgan fingerprint density at radius 3 is 2.36 bits per heavy atom. The fraction of sp³-hybridized carbons (Fsp3) is 0.857. The minimum atomic E-state index is -0.175. The molecule has 0 unspecified atom stereocenters. The zero-order valence-corrected chi connectivity index (χ0v) is 8.97. The Hall–Kier alpha value is 0.200. The Morgan fingerprint density at radius 2 is 2.00 bits per heavy atom. The summed E-state index contributed by atoms with van der Waals surface area (Å²) in [5, 5.41) is 0. The normalized spacial score (nSPS) is 11.3. The van der Waals surface area contributed by atoms with E-state index in [9.17, 15) is 0 Å². The molecular weight excluding hydrogens is 180 g/mol. The molecule has 66 valence electrons. The molecule has 0 saturated heterocycles. The van der Waals surface area contributed by atoms with E-state index >= 15 is 0 Å². The first-order valence-electron chi connectivity index (χ1n) is 3.48. The molecule has 0 heterocycles. The van der Waals surface area contributed by atoms with Gasteiger partial charge in [-0.15, -0.1) is 0 Å². The lowest BCUT2D eigenvalue weighted by Gasteiger charge is -2.17. The molecule has 0 aromatic rings. The largest absolute Gasteiger partial charge is 0.477 e. The zero-order chi connectivity index (χ0) is 8.91. The molecule has 0 aromatic carbocycles. The van der Waals surface area contributed by atoms with Crippen LogP contribution in [-0.4, -0.2) is 16.6 Å². The molecule has 0 aromatic heterocycles. The van der Waals surface area contributed by atoms with Crippen LogP contribution in [0, 0.1) is 0 Å². The van der Waals surface area contributed by atoms with Gasteiger partial charge in [0.15, 0.2) is 0 Å². The van der Waals surface area contributed by atoms with Crippen molar-refractivity contribution in [1.29, 1.82) is 0 Å². The van der Waals surface area contributed by atoms with Crippen LogP contribution in [0.3, 0.4) is 0 Å². The van der Waals surface area contributed by atoms with Gasteiger partial charge < -0.3 is 8.92 Å². The van der Waals surface area contributed by atoms with Gasteiger partial charge in [0.1, 0.15) is 0 Å². The summed E-state index contributed by atoms with van der Waals surface area (Å²) in [7, 11) is 0. The summed E-state index contributed by atoms with van der Waals surface area (Å²) in [6.45, 7) is 8.39. The molecule has 0 spiro atoms. The molecule has 0 saturated carbocycles. The van der Waals surface area contributed by atoms with E-state index in [1.807, 2.05) is 27.7 Å². The summed E-state index contributed by atoms with van der Waals surface area (Å²) in [6, 6.07) is 0.